The molecule has 0 bridgehead atoms. The van der Waals surface area contributed by atoms with Crippen LogP contribution in [0.2, 0.25) is 0 Å². The van der Waals surface area contributed by atoms with Crippen molar-refractivity contribution in [3.63, 3.8) is 0 Å². The van der Waals surface area contributed by atoms with Gasteiger partial charge < -0.3 is 5.11 Å². The number of carbonyl (C=O) groups is 1. The first-order valence-corrected chi connectivity index (χ1v) is 4.73. The molecule has 0 aliphatic rings. The molecular weight excluding hydrogens is 200 g/mol. The highest BCUT2D eigenvalue weighted by Crippen LogP contribution is 2.28. The third-order valence-electron chi connectivity index (χ3n) is 2.07. The van der Waals surface area contributed by atoms with Gasteiger partial charge in [0.05, 0.1) is 5.56 Å². The molecule has 1 rings (SSSR count). The van der Waals surface area contributed by atoms with Gasteiger partial charge in [-0.1, -0.05) is 26.8 Å². The minimum atomic E-state index is -0.631. The highest BCUT2D eigenvalue weighted by molar-refractivity contribution is 6.68. The second kappa shape index (κ2) is 3.62. The van der Waals surface area contributed by atoms with Crippen molar-refractivity contribution < 1.29 is 9.90 Å². The number of phenolic OH excluding ortho intramolecular Hbond substituents is 1. The lowest BCUT2D eigenvalue weighted by molar-refractivity contribution is 0.107. The van der Waals surface area contributed by atoms with Crippen molar-refractivity contribution in [2.45, 2.75) is 26.2 Å². The van der Waals surface area contributed by atoms with Crippen LogP contribution in [0.25, 0.3) is 0 Å². The lowest BCUT2D eigenvalue weighted by atomic mass is 9.86. The molecule has 0 radical (unpaired) electrons. The van der Waals surface area contributed by atoms with Crippen LogP contribution in [0.4, 0.5) is 0 Å². The second-order valence-electron chi connectivity index (χ2n) is 4.26. The van der Waals surface area contributed by atoms with Crippen molar-refractivity contribution in [1.29, 1.82) is 0 Å². The quantitative estimate of drug-likeness (QED) is 0.727. The molecule has 0 spiro atoms. The lowest BCUT2D eigenvalue weighted by Crippen LogP contribution is -2.11. The molecule has 0 fully saturated rings. The average molecular weight is 213 g/mol. The predicted octanol–water partition coefficient (Wildman–Crippen LogP) is 3.07. The van der Waals surface area contributed by atoms with Crippen LogP contribution >= 0.6 is 11.6 Å². The maximum atomic E-state index is 11.0. The number of carbonyl (C=O) groups excluding carboxylic acids is 1. The Morgan fingerprint density at radius 3 is 2.36 bits per heavy atom. The zero-order chi connectivity index (χ0) is 10.9. The number of hydrogen-bond acceptors (Lipinski definition) is 2. The van der Waals surface area contributed by atoms with Crippen LogP contribution in [0.3, 0.4) is 0 Å². The maximum absolute atomic E-state index is 11.0. The van der Waals surface area contributed by atoms with Crippen LogP contribution in [0.15, 0.2) is 18.2 Å². The first-order valence-electron chi connectivity index (χ1n) is 4.35. The Kier molecular flexibility index (Phi) is 2.86. The van der Waals surface area contributed by atoms with E-state index in [-0.39, 0.29) is 16.7 Å². The summed E-state index contributed by atoms with van der Waals surface area (Å²) in [6.45, 7) is 6.09. The van der Waals surface area contributed by atoms with Crippen LogP contribution in [0, 0.1) is 0 Å². The van der Waals surface area contributed by atoms with E-state index < -0.39 is 5.24 Å². The van der Waals surface area contributed by atoms with E-state index in [1.165, 1.54) is 6.07 Å². The van der Waals surface area contributed by atoms with Gasteiger partial charge in [0, 0.05) is 0 Å². The molecule has 3 heteroatoms. The Bertz CT molecular complexity index is 364. The zero-order valence-corrected chi connectivity index (χ0v) is 9.22. The summed E-state index contributed by atoms with van der Waals surface area (Å²) in [4.78, 5) is 11.0. The molecule has 0 aliphatic heterocycles. The Hall–Kier alpha value is -1.02. The summed E-state index contributed by atoms with van der Waals surface area (Å²) in [6, 6.07) is 4.92. The van der Waals surface area contributed by atoms with Crippen molar-refractivity contribution in [1.82, 2.24) is 0 Å². The van der Waals surface area contributed by atoms with Crippen LogP contribution in [-0.4, -0.2) is 10.3 Å². The molecule has 0 saturated heterocycles. The standard InChI is InChI=1S/C11H13ClO2/c1-11(2,3)7-4-5-9(13)8(6-7)10(12)14/h4-6,13H,1-3H3. The fraction of sp³-hybridized carbons (Fsp3) is 0.364. The summed E-state index contributed by atoms with van der Waals surface area (Å²) in [5, 5.41) is 8.73. The van der Waals surface area contributed by atoms with Gasteiger partial charge in [0.25, 0.3) is 5.24 Å². The number of rotatable bonds is 1. The van der Waals surface area contributed by atoms with Gasteiger partial charge in [0.15, 0.2) is 0 Å². The summed E-state index contributed by atoms with van der Waals surface area (Å²) in [5.74, 6) is -0.0713. The number of hydrogen-bond donors (Lipinski definition) is 1. The largest absolute Gasteiger partial charge is 0.507 e. The molecule has 1 N–H and O–H groups in total. The van der Waals surface area contributed by atoms with E-state index in [0.717, 1.165) is 5.56 Å². The summed E-state index contributed by atoms with van der Waals surface area (Å²) >= 11 is 5.33. The van der Waals surface area contributed by atoms with Crippen LogP contribution in [-0.2, 0) is 5.41 Å². The number of benzene rings is 1. The van der Waals surface area contributed by atoms with Gasteiger partial charge in [-0.2, -0.15) is 0 Å². The maximum Gasteiger partial charge on any atom is 0.256 e. The molecule has 0 heterocycles. The lowest BCUT2D eigenvalue weighted by Gasteiger charge is -2.19. The SMILES string of the molecule is CC(C)(C)c1ccc(O)c(C(=O)Cl)c1. The van der Waals surface area contributed by atoms with Crippen molar-refractivity contribution in [2.24, 2.45) is 0 Å². The molecule has 0 unspecified atom stereocenters. The van der Waals surface area contributed by atoms with Gasteiger partial charge in [-0.05, 0) is 34.7 Å². The first-order chi connectivity index (χ1) is 6.32. The van der Waals surface area contributed by atoms with E-state index in [9.17, 15) is 9.90 Å². The summed E-state index contributed by atoms with van der Waals surface area (Å²) in [6.07, 6.45) is 0. The zero-order valence-electron chi connectivity index (χ0n) is 8.47. The number of phenols is 1. The van der Waals surface area contributed by atoms with Crippen LogP contribution in [0.5, 0.6) is 5.75 Å². The molecule has 1 aromatic carbocycles. The summed E-state index contributed by atoms with van der Waals surface area (Å²) < 4.78 is 0. The Morgan fingerprint density at radius 1 is 1.36 bits per heavy atom. The monoisotopic (exact) mass is 212 g/mol. The van der Waals surface area contributed by atoms with E-state index >= 15 is 0 Å². The minimum Gasteiger partial charge on any atom is -0.507 e. The first kappa shape index (κ1) is 11.1. The third kappa shape index (κ3) is 2.26. The van der Waals surface area contributed by atoms with Crippen molar-refractivity contribution in [3.05, 3.63) is 29.3 Å². The molecule has 2 nitrogen and oxygen atoms in total. The highest BCUT2D eigenvalue weighted by atomic mass is 35.5. The molecule has 76 valence electrons. The van der Waals surface area contributed by atoms with Gasteiger partial charge in [-0.25, -0.2) is 0 Å². The molecule has 14 heavy (non-hydrogen) atoms. The van der Waals surface area contributed by atoms with E-state index in [0.29, 0.717) is 0 Å². The normalized spacial score (nSPS) is 11.4. The molecular formula is C11H13ClO2. The molecule has 0 saturated carbocycles. The minimum absolute atomic E-state index is 0.0607. The van der Waals surface area contributed by atoms with Crippen LogP contribution < -0.4 is 0 Å². The Morgan fingerprint density at radius 2 is 1.93 bits per heavy atom. The van der Waals surface area contributed by atoms with Crippen LogP contribution in [0.1, 0.15) is 36.7 Å². The van der Waals surface area contributed by atoms with E-state index in [2.05, 4.69) is 0 Å². The fourth-order valence-corrected chi connectivity index (χ4v) is 1.31. The average Bonchev–Trinajstić information content (AvgIpc) is 2.02. The van der Waals surface area contributed by atoms with Crippen molar-refractivity contribution in [3.8, 4) is 5.75 Å². The van der Waals surface area contributed by atoms with Gasteiger partial charge in [-0.15, -0.1) is 0 Å². The molecule has 0 aliphatic carbocycles. The predicted molar refractivity (Wildman–Crippen MR) is 57.0 cm³/mol. The smallest absolute Gasteiger partial charge is 0.256 e. The number of halogens is 1. The summed E-state index contributed by atoms with van der Waals surface area (Å²) in [5.41, 5.74) is 1.08. The van der Waals surface area contributed by atoms with Gasteiger partial charge in [-0.3, -0.25) is 4.79 Å². The molecule has 0 amide bonds. The Labute approximate surface area is 88.5 Å². The van der Waals surface area contributed by atoms with E-state index in [4.69, 9.17) is 11.6 Å². The number of aromatic hydroxyl groups is 1. The fourth-order valence-electron chi connectivity index (χ4n) is 1.16. The van der Waals surface area contributed by atoms with Gasteiger partial charge >= 0.3 is 0 Å². The van der Waals surface area contributed by atoms with Gasteiger partial charge in [0.1, 0.15) is 5.75 Å². The highest BCUT2D eigenvalue weighted by Gasteiger charge is 2.17. The van der Waals surface area contributed by atoms with Gasteiger partial charge in [0.2, 0.25) is 0 Å². The third-order valence-corrected chi connectivity index (χ3v) is 2.28. The van der Waals surface area contributed by atoms with Crippen molar-refractivity contribution >= 4 is 16.8 Å². The summed E-state index contributed by atoms with van der Waals surface area (Å²) in [7, 11) is 0. The van der Waals surface area contributed by atoms with Crippen molar-refractivity contribution in [2.75, 3.05) is 0 Å². The van der Waals surface area contributed by atoms with E-state index in [1.807, 2.05) is 20.8 Å². The molecule has 0 aromatic heterocycles. The molecule has 1 aromatic rings. The van der Waals surface area contributed by atoms with E-state index in [1.54, 1.807) is 12.1 Å². The topological polar surface area (TPSA) is 37.3 Å². The molecule has 0 atom stereocenters. The Balaban J connectivity index is 3.27. The second-order valence-corrected chi connectivity index (χ2v) is 4.60.